The summed E-state index contributed by atoms with van der Waals surface area (Å²) >= 11 is 0.985. The van der Waals surface area contributed by atoms with Gasteiger partial charge in [0.2, 0.25) is 9.30 Å². The smallest absolute Gasteiger partial charge is 0.325 e. The van der Waals surface area contributed by atoms with Gasteiger partial charge in [0.05, 0.1) is 11.9 Å². The van der Waals surface area contributed by atoms with Crippen molar-refractivity contribution in [1.82, 2.24) is 18.9 Å². The Kier molecular flexibility index (Phi) is 9.16. The number of rotatable bonds is 4. The lowest BCUT2D eigenvalue weighted by Gasteiger charge is -2.06. The summed E-state index contributed by atoms with van der Waals surface area (Å²) in [5.74, 6) is 0.396. The highest BCUT2D eigenvalue weighted by Gasteiger charge is 2.23. The summed E-state index contributed by atoms with van der Waals surface area (Å²) in [4.78, 5) is 15.8. The maximum atomic E-state index is 12.1. The van der Waals surface area contributed by atoms with Crippen LogP contribution in [0.5, 0.6) is 5.75 Å². The Hall–Kier alpha value is -1.87. The highest BCUT2D eigenvalue weighted by Crippen LogP contribution is 2.27. The molecule has 0 saturated carbocycles. The van der Waals surface area contributed by atoms with Crippen LogP contribution in [0.1, 0.15) is 27.7 Å². The van der Waals surface area contributed by atoms with Gasteiger partial charge in [0.15, 0.2) is 0 Å². The molecular weight excluding hydrogens is 419 g/mol. The maximum absolute atomic E-state index is 12.1. The molecule has 3 rings (SSSR count). The molecule has 0 fully saturated rings. The lowest BCUT2D eigenvalue weighted by molar-refractivity contribution is 0.227. The molecule has 2 heterocycles. The van der Waals surface area contributed by atoms with Crippen LogP contribution in [-0.4, -0.2) is 47.1 Å². The molecule has 154 valence electrons. The molecule has 0 aliphatic rings. The average Bonchev–Trinajstić information content (AvgIpc) is 3.24. The molecule has 8 nitrogen and oxygen atoms in total. The minimum atomic E-state index is -3.59. The second-order valence-corrected chi connectivity index (χ2v) is 8.71. The van der Waals surface area contributed by atoms with E-state index < -0.39 is 15.7 Å². The summed E-state index contributed by atoms with van der Waals surface area (Å²) in [6.45, 7) is 8.00. The van der Waals surface area contributed by atoms with Crippen molar-refractivity contribution >= 4 is 41.3 Å². The number of hydrogen-bond acceptors (Lipinski definition) is 7. The van der Waals surface area contributed by atoms with Gasteiger partial charge in [-0.15, -0.1) is 5.10 Å². The molecule has 28 heavy (non-hydrogen) atoms. The second kappa shape index (κ2) is 10.6. The second-order valence-electron chi connectivity index (χ2n) is 4.96. The Bertz CT molecular complexity index is 997. The predicted molar refractivity (Wildman–Crippen MR) is 116 cm³/mol. The molecule has 1 unspecified atom stereocenters. The molecule has 3 aromatic rings. The minimum Gasteiger partial charge on any atom is -0.424 e. The third-order valence-corrected chi connectivity index (χ3v) is 6.28. The van der Waals surface area contributed by atoms with Gasteiger partial charge in [-0.3, -0.25) is 0 Å². The van der Waals surface area contributed by atoms with E-state index in [4.69, 9.17) is 4.74 Å². The molecule has 0 bridgehead atoms. The monoisotopic (exact) mass is 444 g/mol. The fourth-order valence-corrected chi connectivity index (χ4v) is 4.26. The summed E-state index contributed by atoms with van der Waals surface area (Å²) in [5.41, 5.74) is 0.843. The Labute approximate surface area is 171 Å². The van der Waals surface area contributed by atoms with Gasteiger partial charge < -0.3 is 4.74 Å². The quantitative estimate of drug-likeness (QED) is 0.562. The van der Waals surface area contributed by atoms with Crippen LogP contribution in [0.25, 0.3) is 16.2 Å². The zero-order valence-corrected chi connectivity index (χ0v) is 19.5. The number of hydrogen-bond donors (Lipinski definition) is 0. The molecule has 0 spiro atoms. The molecule has 0 aliphatic heterocycles. The average molecular weight is 445 g/mol. The zero-order valence-electron chi connectivity index (χ0n) is 16.7. The summed E-state index contributed by atoms with van der Waals surface area (Å²) in [6, 6.07) is 6.88. The van der Waals surface area contributed by atoms with E-state index in [0.717, 1.165) is 21.2 Å². The van der Waals surface area contributed by atoms with Crippen molar-refractivity contribution in [3.8, 4) is 17.0 Å². The van der Waals surface area contributed by atoms with Crippen LogP contribution in [0, 0.1) is 0 Å². The van der Waals surface area contributed by atoms with Crippen LogP contribution < -0.4 is 4.74 Å². The van der Waals surface area contributed by atoms with Gasteiger partial charge in [-0.2, -0.15) is 0 Å². The molecule has 0 aliphatic carbocycles. The molecule has 0 radical (unpaired) electrons. The summed E-state index contributed by atoms with van der Waals surface area (Å²) in [6.07, 6.45) is 1.63. The van der Waals surface area contributed by atoms with Crippen molar-refractivity contribution in [1.29, 1.82) is 0 Å². The van der Waals surface area contributed by atoms with Crippen LogP contribution >= 0.6 is 20.6 Å². The number of sulfonamides is 1. The van der Waals surface area contributed by atoms with E-state index >= 15 is 0 Å². The minimum absolute atomic E-state index is 0.0211. The van der Waals surface area contributed by atoms with Crippen LogP contribution in [0.2, 0.25) is 0 Å². The van der Waals surface area contributed by atoms with Crippen molar-refractivity contribution in [3.05, 3.63) is 30.5 Å². The van der Waals surface area contributed by atoms with Gasteiger partial charge in [0, 0.05) is 19.7 Å². The lowest BCUT2D eigenvalue weighted by Crippen LogP contribution is -2.22. The Balaban J connectivity index is 0.000000921. The number of carbonyl (C=O) groups excluding carboxylic acids is 1. The predicted octanol–water partition coefficient (Wildman–Crippen LogP) is 4.13. The van der Waals surface area contributed by atoms with Gasteiger partial charge in [0.1, 0.15) is 5.75 Å². The van der Waals surface area contributed by atoms with Crippen molar-refractivity contribution in [3.63, 3.8) is 0 Å². The number of nitrogens with zero attached hydrogens (tertiary/aromatic N) is 4. The van der Waals surface area contributed by atoms with E-state index in [1.807, 2.05) is 43.0 Å². The van der Waals surface area contributed by atoms with Gasteiger partial charge in [-0.1, -0.05) is 51.2 Å². The number of ether oxygens (including phenoxy) is 1. The SMILES string of the molecule is CC.CC.CN(C)S(=O)(=O)c1nn2cc(-c3cccc(OC(=O)P)c3)nc2s1. The fourth-order valence-electron chi connectivity index (χ4n) is 1.92. The third kappa shape index (κ3) is 5.57. The lowest BCUT2D eigenvalue weighted by atomic mass is 10.1. The normalized spacial score (nSPS) is 10.7. The van der Waals surface area contributed by atoms with E-state index in [2.05, 4.69) is 10.1 Å². The molecule has 0 saturated heterocycles. The van der Waals surface area contributed by atoms with Crippen molar-refractivity contribution < 1.29 is 17.9 Å². The van der Waals surface area contributed by atoms with Gasteiger partial charge in [0.25, 0.3) is 10.0 Å². The van der Waals surface area contributed by atoms with Crippen LogP contribution in [0.15, 0.2) is 34.8 Å². The highest BCUT2D eigenvalue weighted by atomic mass is 32.2. The van der Waals surface area contributed by atoms with E-state index in [0.29, 0.717) is 16.4 Å². The third-order valence-electron chi connectivity index (χ3n) is 3.07. The molecule has 0 N–H and O–H groups in total. The maximum Gasteiger partial charge on any atom is 0.325 e. The van der Waals surface area contributed by atoms with Crippen molar-refractivity contribution in [2.75, 3.05) is 14.1 Å². The first kappa shape index (κ1) is 24.2. The molecule has 1 atom stereocenters. The Morgan fingerprint density at radius 2 is 1.86 bits per heavy atom. The van der Waals surface area contributed by atoms with E-state index in [1.165, 1.54) is 18.6 Å². The largest absolute Gasteiger partial charge is 0.424 e. The van der Waals surface area contributed by atoms with Crippen molar-refractivity contribution in [2.24, 2.45) is 0 Å². The summed E-state index contributed by atoms with van der Waals surface area (Å²) in [7, 11) is 1.25. The molecule has 2 aromatic heterocycles. The summed E-state index contributed by atoms with van der Waals surface area (Å²) < 4.78 is 31.7. The van der Waals surface area contributed by atoms with E-state index in [9.17, 15) is 13.2 Å². The number of carbonyl (C=O) groups is 1. The van der Waals surface area contributed by atoms with Crippen molar-refractivity contribution in [2.45, 2.75) is 32.0 Å². The molecule has 11 heteroatoms. The topological polar surface area (TPSA) is 93.9 Å². The first-order valence-electron chi connectivity index (χ1n) is 8.64. The fraction of sp³-hybridized carbons (Fsp3) is 0.353. The van der Waals surface area contributed by atoms with Gasteiger partial charge in [-0.25, -0.2) is 27.0 Å². The Morgan fingerprint density at radius 1 is 1.21 bits per heavy atom. The first-order valence-corrected chi connectivity index (χ1v) is 11.5. The molecule has 0 amide bonds. The Morgan fingerprint density at radius 3 is 2.39 bits per heavy atom. The first-order chi connectivity index (χ1) is 13.3. The van der Waals surface area contributed by atoms with Gasteiger partial charge >= 0.3 is 5.71 Å². The van der Waals surface area contributed by atoms with Gasteiger partial charge in [-0.05, 0) is 21.4 Å². The summed E-state index contributed by atoms with van der Waals surface area (Å²) in [5, 5.41) is 4.08. The van der Waals surface area contributed by atoms with Crippen LogP contribution in [0.4, 0.5) is 4.79 Å². The highest BCUT2D eigenvalue weighted by molar-refractivity contribution is 7.91. The van der Waals surface area contributed by atoms with Crippen LogP contribution in [0.3, 0.4) is 0 Å². The zero-order chi connectivity index (χ0) is 21.5. The van der Waals surface area contributed by atoms with Crippen LogP contribution in [-0.2, 0) is 10.0 Å². The molecule has 1 aromatic carbocycles. The van der Waals surface area contributed by atoms with E-state index in [-0.39, 0.29) is 4.34 Å². The number of fused-ring (bicyclic) bond motifs is 1. The number of benzene rings is 1. The number of imidazole rings is 1. The number of aromatic nitrogens is 3. The van der Waals surface area contributed by atoms with E-state index in [1.54, 1.807) is 24.4 Å². The standard InChI is InChI=1S/C13H13N4O4PS2.2C2H6/c1-16(2)24(19,20)12-15-17-7-10(14-11(17)23-12)8-4-3-5-9(6-8)21-13(18)22;2*1-2/h3-7H,22H2,1-2H3;2*1-2H3. The molecular formula is C17H25N4O4PS2.